The zero-order valence-electron chi connectivity index (χ0n) is 9.78. The molecule has 1 aromatic carbocycles. The Bertz CT molecular complexity index is 370. The van der Waals surface area contributed by atoms with Crippen molar-refractivity contribution in [2.24, 2.45) is 5.92 Å². The molecule has 92 valence electrons. The average Bonchev–Trinajstić information content (AvgIpc) is 2.33. The number of benzene rings is 1. The molecule has 1 amide bonds. The highest BCUT2D eigenvalue weighted by Crippen LogP contribution is 2.17. The van der Waals surface area contributed by atoms with E-state index in [1.165, 1.54) is 0 Å². The molecule has 2 rings (SSSR count). The van der Waals surface area contributed by atoms with Gasteiger partial charge < -0.3 is 15.7 Å². The lowest BCUT2D eigenvalue weighted by Crippen LogP contribution is -2.32. The van der Waals surface area contributed by atoms with Crippen LogP contribution in [0.1, 0.15) is 19.3 Å². The maximum absolute atomic E-state index is 11.8. The molecule has 1 heterocycles. The first-order chi connectivity index (χ1) is 8.24. The third-order valence-corrected chi connectivity index (χ3v) is 3.02. The standard InChI is InChI=1S/C13H18N2O2/c16-12-5-3-11(4-6-12)15-13(17)8-10-2-1-7-14-9-10/h3-6,10,14,16H,1-2,7-9H2,(H,15,17). The van der Waals surface area contributed by atoms with Gasteiger partial charge in [0, 0.05) is 12.1 Å². The molecule has 0 saturated carbocycles. The molecular formula is C13H18N2O2. The second-order valence-corrected chi connectivity index (χ2v) is 4.51. The molecule has 1 unspecified atom stereocenters. The number of amides is 1. The van der Waals surface area contributed by atoms with Crippen LogP contribution in [0.25, 0.3) is 0 Å². The minimum atomic E-state index is 0.0457. The Balaban J connectivity index is 1.82. The number of carbonyl (C=O) groups excluding carboxylic acids is 1. The van der Waals surface area contributed by atoms with E-state index in [0.29, 0.717) is 12.3 Å². The Hall–Kier alpha value is -1.55. The smallest absolute Gasteiger partial charge is 0.224 e. The van der Waals surface area contributed by atoms with Crippen LogP contribution in [0.3, 0.4) is 0 Å². The first kappa shape index (κ1) is 11.9. The van der Waals surface area contributed by atoms with Crippen LogP contribution >= 0.6 is 0 Å². The lowest BCUT2D eigenvalue weighted by Gasteiger charge is -2.22. The van der Waals surface area contributed by atoms with Gasteiger partial charge in [-0.05, 0) is 56.1 Å². The molecule has 0 aromatic heterocycles. The fourth-order valence-electron chi connectivity index (χ4n) is 2.12. The van der Waals surface area contributed by atoms with E-state index in [0.717, 1.165) is 31.6 Å². The molecule has 1 saturated heterocycles. The van der Waals surface area contributed by atoms with E-state index >= 15 is 0 Å². The molecule has 1 fully saturated rings. The highest BCUT2D eigenvalue weighted by atomic mass is 16.3. The van der Waals surface area contributed by atoms with Crippen molar-refractivity contribution in [2.45, 2.75) is 19.3 Å². The van der Waals surface area contributed by atoms with Gasteiger partial charge in [0.25, 0.3) is 0 Å². The third-order valence-electron chi connectivity index (χ3n) is 3.02. The molecular weight excluding hydrogens is 216 g/mol. The minimum Gasteiger partial charge on any atom is -0.508 e. The highest BCUT2D eigenvalue weighted by Gasteiger charge is 2.16. The van der Waals surface area contributed by atoms with Gasteiger partial charge in [0.1, 0.15) is 5.75 Å². The van der Waals surface area contributed by atoms with Gasteiger partial charge in [0.2, 0.25) is 5.91 Å². The molecule has 0 radical (unpaired) electrons. The molecule has 0 bridgehead atoms. The molecule has 4 heteroatoms. The van der Waals surface area contributed by atoms with Crippen LogP contribution in [0.15, 0.2) is 24.3 Å². The average molecular weight is 234 g/mol. The van der Waals surface area contributed by atoms with E-state index in [1.54, 1.807) is 24.3 Å². The second kappa shape index (κ2) is 5.68. The second-order valence-electron chi connectivity index (χ2n) is 4.51. The van der Waals surface area contributed by atoms with Gasteiger partial charge in [-0.3, -0.25) is 4.79 Å². The predicted octanol–water partition coefficient (Wildman–Crippen LogP) is 1.72. The Kier molecular flexibility index (Phi) is 3.98. The molecule has 1 aliphatic rings. The van der Waals surface area contributed by atoms with E-state index in [-0.39, 0.29) is 11.7 Å². The zero-order valence-corrected chi connectivity index (χ0v) is 9.78. The maximum Gasteiger partial charge on any atom is 0.224 e. The van der Waals surface area contributed by atoms with Crippen LogP contribution in [0, 0.1) is 5.92 Å². The predicted molar refractivity (Wildman–Crippen MR) is 66.9 cm³/mol. The highest BCUT2D eigenvalue weighted by molar-refractivity contribution is 5.90. The topological polar surface area (TPSA) is 61.4 Å². The van der Waals surface area contributed by atoms with Crippen LogP contribution in [0.2, 0.25) is 0 Å². The quantitative estimate of drug-likeness (QED) is 0.698. The monoisotopic (exact) mass is 234 g/mol. The SMILES string of the molecule is O=C(CC1CCCNC1)Nc1ccc(O)cc1. The van der Waals surface area contributed by atoms with E-state index in [9.17, 15) is 4.79 Å². The number of piperidine rings is 1. The summed E-state index contributed by atoms with van der Waals surface area (Å²) in [5.41, 5.74) is 0.733. The fraction of sp³-hybridized carbons (Fsp3) is 0.462. The molecule has 4 nitrogen and oxygen atoms in total. The van der Waals surface area contributed by atoms with Crippen molar-refractivity contribution in [1.82, 2.24) is 5.32 Å². The third kappa shape index (κ3) is 3.75. The largest absolute Gasteiger partial charge is 0.508 e. The number of hydrogen-bond acceptors (Lipinski definition) is 3. The number of carbonyl (C=O) groups is 1. The molecule has 0 aliphatic carbocycles. The summed E-state index contributed by atoms with van der Waals surface area (Å²) >= 11 is 0. The van der Waals surface area contributed by atoms with Gasteiger partial charge in [-0.25, -0.2) is 0 Å². The molecule has 1 aromatic rings. The molecule has 0 spiro atoms. The molecule has 1 aliphatic heterocycles. The van der Waals surface area contributed by atoms with Gasteiger partial charge in [0.05, 0.1) is 0 Å². The van der Waals surface area contributed by atoms with Crippen molar-refractivity contribution >= 4 is 11.6 Å². The van der Waals surface area contributed by atoms with Crippen LogP contribution in [0.4, 0.5) is 5.69 Å². The van der Waals surface area contributed by atoms with Crippen molar-refractivity contribution in [3.63, 3.8) is 0 Å². The Morgan fingerprint density at radius 2 is 2.18 bits per heavy atom. The molecule has 1 atom stereocenters. The number of nitrogens with one attached hydrogen (secondary N) is 2. The van der Waals surface area contributed by atoms with Crippen molar-refractivity contribution in [1.29, 1.82) is 0 Å². The number of anilines is 1. The number of phenolic OH excluding ortho intramolecular Hbond substituents is 1. The first-order valence-electron chi connectivity index (χ1n) is 6.03. The minimum absolute atomic E-state index is 0.0457. The fourth-order valence-corrected chi connectivity index (χ4v) is 2.12. The first-order valence-corrected chi connectivity index (χ1v) is 6.03. The lowest BCUT2D eigenvalue weighted by atomic mass is 9.96. The Morgan fingerprint density at radius 3 is 2.82 bits per heavy atom. The number of phenols is 1. The summed E-state index contributed by atoms with van der Waals surface area (Å²) in [6, 6.07) is 6.54. The van der Waals surface area contributed by atoms with Gasteiger partial charge in [0.15, 0.2) is 0 Å². The number of rotatable bonds is 3. The summed E-state index contributed by atoms with van der Waals surface area (Å²) in [7, 11) is 0. The summed E-state index contributed by atoms with van der Waals surface area (Å²) < 4.78 is 0. The summed E-state index contributed by atoms with van der Waals surface area (Å²) in [5, 5.41) is 15.3. The molecule has 3 N–H and O–H groups in total. The number of hydrogen-bond donors (Lipinski definition) is 3. The maximum atomic E-state index is 11.8. The van der Waals surface area contributed by atoms with Crippen molar-refractivity contribution in [3.05, 3.63) is 24.3 Å². The van der Waals surface area contributed by atoms with Gasteiger partial charge in [-0.15, -0.1) is 0 Å². The van der Waals surface area contributed by atoms with E-state index in [2.05, 4.69) is 10.6 Å². The summed E-state index contributed by atoms with van der Waals surface area (Å²) in [4.78, 5) is 11.8. The van der Waals surface area contributed by atoms with E-state index < -0.39 is 0 Å². The van der Waals surface area contributed by atoms with E-state index in [4.69, 9.17) is 5.11 Å². The summed E-state index contributed by atoms with van der Waals surface area (Å²) in [6.07, 6.45) is 2.83. The van der Waals surface area contributed by atoms with Crippen molar-refractivity contribution in [3.8, 4) is 5.75 Å². The van der Waals surface area contributed by atoms with Gasteiger partial charge in [-0.2, -0.15) is 0 Å². The van der Waals surface area contributed by atoms with Gasteiger partial charge in [-0.1, -0.05) is 0 Å². The van der Waals surface area contributed by atoms with Crippen LogP contribution in [0.5, 0.6) is 5.75 Å². The van der Waals surface area contributed by atoms with Gasteiger partial charge >= 0.3 is 0 Å². The Labute approximate surface area is 101 Å². The van der Waals surface area contributed by atoms with Crippen molar-refractivity contribution < 1.29 is 9.90 Å². The van der Waals surface area contributed by atoms with E-state index in [1.807, 2.05) is 0 Å². The van der Waals surface area contributed by atoms with Crippen LogP contribution in [-0.2, 0) is 4.79 Å². The summed E-state index contributed by atoms with van der Waals surface area (Å²) in [6.45, 7) is 2.00. The summed E-state index contributed by atoms with van der Waals surface area (Å²) in [5.74, 6) is 0.699. The lowest BCUT2D eigenvalue weighted by molar-refractivity contribution is -0.117. The van der Waals surface area contributed by atoms with Crippen LogP contribution in [-0.4, -0.2) is 24.1 Å². The zero-order chi connectivity index (χ0) is 12.1. The van der Waals surface area contributed by atoms with Crippen LogP contribution < -0.4 is 10.6 Å². The number of aromatic hydroxyl groups is 1. The Morgan fingerprint density at radius 1 is 1.41 bits per heavy atom. The molecule has 17 heavy (non-hydrogen) atoms. The van der Waals surface area contributed by atoms with Crippen molar-refractivity contribution in [2.75, 3.05) is 18.4 Å². The normalized spacial score (nSPS) is 19.9.